The summed E-state index contributed by atoms with van der Waals surface area (Å²) in [7, 11) is 0. The number of esters is 1. The minimum absolute atomic E-state index is 0.109. The van der Waals surface area contributed by atoms with Crippen LogP contribution in [0.2, 0.25) is 0 Å². The van der Waals surface area contributed by atoms with Gasteiger partial charge in [0.1, 0.15) is 5.75 Å². The van der Waals surface area contributed by atoms with E-state index in [2.05, 4.69) is 11.1 Å². The summed E-state index contributed by atoms with van der Waals surface area (Å²) in [5.74, 6) is 0.491. The van der Waals surface area contributed by atoms with Gasteiger partial charge in [-0.2, -0.15) is 0 Å². The van der Waals surface area contributed by atoms with Gasteiger partial charge in [-0.05, 0) is 29.7 Å². The first-order chi connectivity index (χ1) is 10.2. The Balaban J connectivity index is 1.71. The van der Waals surface area contributed by atoms with Crippen LogP contribution in [-0.4, -0.2) is 11.0 Å². The number of nitrogens with one attached hydrogen (secondary N) is 1. The van der Waals surface area contributed by atoms with E-state index in [4.69, 9.17) is 4.74 Å². The number of carbonyl (C=O) groups is 1. The normalized spacial score (nSPS) is 12.2. The van der Waals surface area contributed by atoms with Gasteiger partial charge in [-0.3, -0.25) is 4.79 Å². The quantitative estimate of drug-likeness (QED) is 0.572. The number of rotatable bonds is 4. The third-order valence-corrected chi connectivity index (χ3v) is 3.60. The largest absolute Gasteiger partial charge is 0.427 e. The molecule has 2 aromatic carbocycles. The highest BCUT2D eigenvalue weighted by Crippen LogP contribution is 2.27. The van der Waals surface area contributed by atoms with Gasteiger partial charge in [-0.25, -0.2) is 0 Å². The van der Waals surface area contributed by atoms with Crippen LogP contribution in [0, 0.1) is 0 Å². The third kappa shape index (κ3) is 2.97. The summed E-state index contributed by atoms with van der Waals surface area (Å²) in [4.78, 5) is 15.3. The number of benzene rings is 2. The molecule has 0 aliphatic heterocycles. The fourth-order valence-corrected chi connectivity index (χ4v) is 2.52. The van der Waals surface area contributed by atoms with Crippen molar-refractivity contribution in [2.24, 2.45) is 0 Å². The number of aromatic nitrogens is 1. The maximum Gasteiger partial charge on any atom is 0.311 e. The molecule has 0 aliphatic carbocycles. The average molecular weight is 279 g/mol. The molecule has 0 aliphatic rings. The summed E-state index contributed by atoms with van der Waals surface area (Å²) >= 11 is 0. The van der Waals surface area contributed by atoms with Gasteiger partial charge >= 0.3 is 5.97 Å². The van der Waals surface area contributed by atoms with Gasteiger partial charge in [0.15, 0.2) is 0 Å². The predicted molar refractivity (Wildman–Crippen MR) is 83.4 cm³/mol. The number of aromatic amines is 1. The van der Waals surface area contributed by atoms with Crippen LogP contribution in [0.5, 0.6) is 5.75 Å². The number of ether oxygens (including phenoxy) is 1. The molecule has 106 valence electrons. The van der Waals surface area contributed by atoms with Crippen molar-refractivity contribution in [2.45, 2.75) is 19.3 Å². The summed E-state index contributed by atoms with van der Waals surface area (Å²) < 4.78 is 5.35. The van der Waals surface area contributed by atoms with Crippen LogP contribution in [0.4, 0.5) is 0 Å². The van der Waals surface area contributed by atoms with Crippen LogP contribution in [0.3, 0.4) is 0 Å². The lowest BCUT2D eigenvalue weighted by atomic mass is 9.97. The maximum atomic E-state index is 12.0. The zero-order valence-electron chi connectivity index (χ0n) is 11.9. The van der Waals surface area contributed by atoms with E-state index in [0.717, 1.165) is 16.5 Å². The fraction of sp³-hybridized carbons (Fsp3) is 0.167. The molecule has 21 heavy (non-hydrogen) atoms. The molecule has 0 bridgehead atoms. The lowest BCUT2D eigenvalue weighted by molar-refractivity contribution is -0.134. The summed E-state index contributed by atoms with van der Waals surface area (Å²) in [6, 6.07) is 17.3. The average Bonchev–Trinajstić information content (AvgIpc) is 2.92. The first-order valence-corrected chi connectivity index (χ1v) is 7.06. The second kappa shape index (κ2) is 5.83. The molecule has 1 atom stereocenters. The molecule has 3 nitrogen and oxygen atoms in total. The number of hydrogen-bond donors (Lipinski definition) is 1. The van der Waals surface area contributed by atoms with Gasteiger partial charge < -0.3 is 9.72 Å². The van der Waals surface area contributed by atoms with Crippen molar-refractivity contribution in [3.8, 4) is 5.75 Å². The molecule has 0 amide bonds. The Morgan fingerprint density at radius 2 is 1.81 bits per heavy atom. The summed E-state index contributed by atoms with van der Waals surface area (Å²) in [6.07, 6.45) is 2.34. The molecular formula is C18H17NO2. The highest BCUT2D eigenvalue weighted by Gasteiger charge is 2.16. The van der Waals surface area contributed by atoms with Crippen molar-refractivity contribution in [2.75, 3.05) is 0 Å². The molecule has 0 radical (unpaired) electrons. The van der Waals surface area contributed by atoms with Crippen molar-refractivity contribution >= 4 is 16.9 Å². The van der Waals surface area contributed by atoms with E-state index >= 15 is 0 Å². The lowest BCUT2D eigenvalue weighted by Crippen LogP contribution is -2.11. The molecule has 0 spiro atoms. The van der Waals surface area contributed by atoms with E-state index in [1.165, 1.54) is 0 Å². The minimum atomic E-state index is -0.209. The molecule has 0 unspecified atom stereocenters. The molecule has 0 fully saturated rings. The van der Waals surface area contributed by atoms with Crippen LogP contribution in [0.25, 0.3) is 10.9 Å². The van der Waals surface area contributed by atoms with Crippen LogP contribution in [0.1, 0.15) is 24.8 Å². The lowest BCUT2D eigenvalue weighted by Gasteiger charge is -2.10. The zero-order valence-corrected chi connectivity index (χ0v) is 11.9. The summed E-state index contributed by atoms with van der Waals surface area (Å²) in [5.41, 5.74) is 2.24. The van der Waals surface area contributed by atoms with Gasteiger partial charge in [0.25, 0.3) is 0 Å². The fourth-order valence-electron chi connectivity index (χ4n) is 2.52. The second-order valence-corrected chi connectivity index (χ2v) is 5.18. The molecule has 1 aromatic heterocycles. The number of carbonyl (C=O) groups excluding carboxylic acids is 1. The highest BCUT2D eigenvalue weighted by atomic mass is 16.5. The van der Waals surface area contributed by atoms with Gasteiger partial charge in [0.2, 0.25) is 0 Å². The molecular weight excluding hydrogens is 262 g/mol. The Hall–Kier alpha value is -2.55. The topological polar surface area (TPSA) is 42.1 Å². The second-order valence-electron chi connectivity index (χ2n) is 5.18. The zero-order chi connectivity index (χ0) is 14.7. The molecule has 1 N–H and O–H groups in total. The maximum absolute atomic E-state index is 12.0. The number of para-hydroxylation sites is 2. The number of fused-ring (bicyclic) bond motifs is 1. The SMILES string of the molecule is C[C@H](CC(=O)Oc1ccccc1)c1c[nH]c2ccccc12. The van der Waals surface area contributed by atoms with E-state index in [9.17, 15) is 4.79 Å². The number of H-pyrrole nitrogens is 1. The Bertz CT molecular complexity index is 746. The van der Waals surface area contributed by atoms with Gasteiger partial charge in [0.05, 0.1) is 6.42 Å². The minimum Gasteiger partial charge on any atom is -0.427 e. The third-order valence-electron chi connectivity index (χ3n) is 3.60. The van der Waals surface area contributed by atoms with E-state index in [-0.39, 0.29) is 11.9 Å². The number of hydrogen-bond acceptors (Lipinski definition) is 2. The van der Waals surface area contributed by atoms with E-state index < -0.39 is 0 Å². The summed E-state index contributed by atoms with van der Waals surface area (Å²) in [5, 5.41) is 1.16. The van der Waals surface area contributed by atoms with Gasteiger partial charge in [-0.1, -0.05) is 43.3 Å². The van der Waals surface area contributed by atoms with E-state index in [0.29, 0.717) is 12.2 Å². The molecule has 3 rings (SSSR count). The van der Waals surface area contributed by atoms with E-state index in [1.54, 1.807) is 12.1 Å². The summed E-state index contributed by atoms with van der Waals surface area (Å²) in [6.45, 7) is 2.04. The standard InChI is InChI=1S/C18H17NO2/c1-13(11-18(20)21-14-7-3-2-4-8-14)16-12-19-17-10-6-5-9-15(16)17/h2-10,12-13,19H,11H2,1H3/t13-/m1/s1. The van der Waals surface area contributed by atoms with Crippen molar-refractivity contribution in [1.29, 1.82) is 0 Å². The van der Waals surface area contributed by atoms with Crippen LogP contribution in [0.15, 0.2) is 60.8 Å². The van der Waals surface area contributed by atoms with Gasteiger partial charge in [-0.15, -0.1) is 0 Å². The van der Waals surface area contributed by atoms with E-state index in [1.807, 2.05) is 49.5 Å². The first kappa shape index (κ1) is 13.4. The predicted octanol–water partition coefficient (Wildman–Crippen LogP) is 4.27. The highest BCUT2D eigenvalue weighted by molar-refractivity contribution is 5.84. The van der Waals surface area contributed by atoms with Gasteiger partial charge in [0, 0.05) is 17.1 Å². The Labute approximate surface area is 123 Å². The molecule has 1 heterocycles. The molecule has 0 saturated carbocycles. The molecule has 0 saturated heterocycles. The van der Waals surface area contributed by atoms with Crippen molar-refractivity contribution in [1.82, 2.24) is 4.98 Å². The van der Waals surface area contributed by atoms with Crippen molar-refractivity contribution in [3.05, 3.63) is 66.4 Å². The van der Waals surface area contributed by atoms with Crippen LogP contribution >= 0.6 is 0 Å². The smallest absolute Gasteiger partial charge is 0.311 e. The Morgan fingerprint density at radius 1 is 1.10 bits per heavy atom. The van der Waals surface area contributed by atoms with Crippen LogP contribution in [-0.2, 0) is 4.79 Å². The molecule has 3 heteroatoms. The molecule has 3 aromatic rings. The Morgan fingerprint density at radius 3 is 2.62 bits per heavy atom. The van der Waals surface area contributed by atoms with Crippen molar-refractivity contribution in [3.63, 3.8) is 0 Å². The monoisotopic (exact) mass is 279 g/mol. The Kier molecular flexibility index (Phi) is 3.73. The van der Waals surface area contributed by atoms with Crippen LogP contribution < -0.4 is 4.74 Å². The first-order valence-electron chi connectivity index (χ1n) is 7.06. The van der Waals surface area contributed by atoms with Crippen molar-refractivity contribution < 1.29 is 9.53 Å².